The van der Waals surface area contributed by atoms with E-state index in [0.717, 1.165) is 4.90 Å². The molecule has 0 saturated carbocycles. The lowest BCUT2D eigenvalue weighted by Gasteiger charge is -2.26. The van der Waals surface area contributed by atoms with Crippen LogP contribution in [0.15, 0.2) is 30.4 Å². The Morgan fingerprint density at radius 3 is 2.23 bits per heavy atom. The molecule has 0 unspecified atom stereocenters. The number of carbonyl (C=O) groups excluding carboxylic acids is 4. The van der Waals surface area contributed by atoms with Crippen LogP contribution >= 0.6 is 21.6 Å². The summed E-state index contributed by atoms with van der Waals surface area (Å²) < 4.78 is 9.88. The van der Waals surface area contributed by atoms with Gasteiger partial charge in [-0.2, -0.15) is 0 Å². The average molecular weight is 655 g/mol. The van der Waals surface area contributed by atoms with Gasteiger partial charge in [0.2, 0.25) is 11.8 Å². The highest BCUT2D eigenvalue weighted by molar-refractivity contribution is 8.77. The SMILES string of the molecule is CN(CCN(C)C(=O)CCC(C)(C)SSCCc1cc([N+](=O)[O-])ccc1OC(=O)O)C(=O)CCOCCN1C(=O)C=CC1=O. The number of carboxylic acid groups (broad SMARTS) is 1. The molecule has 16 heteroatoms. The minimum Gasteiger partial charge on any atom is -0.449 e. The van der Waals surface area contributed by atoms with Gasteiger partial charge in [0.1, 0.15) is 5.75 Å². The Balaban J connectivity index is 1.65. The average Bonchev–Trinajstić information content (AvgIpc) is 3.28. The maximum atomic E-state index is 12.7. The molecule has 1 aromatic rings. The van der Waals surface area contributed by atoms with E-state index in [-0.39, 0.29) is 66.0 Å². The molecule has 0 spiro atoms. The molecule has 14 nitrogen and oxygen atoms in total. The number of nitrogens with zero attached hydrogens (tertiary/aromatic N) is 4. The van der Waals surface area contributed by atoms with Crippen LogP contribution in [0.3, 0.4) is 0 Å². The molecule has 0 saturated heterocycles. The van der Waals surface area contributed by atoms with Gasteiger partial charge in [-0.3, -0.25) is 34.2 Å². The number of carbonyl (C=O) groups is 5. The van der Waals surface area contributed by atoms with Crippen LogP contribution in [0.1, 0.15) is 38.7 Å². The molecule has 242 valence electrons. The lowest BCUT2D eigenvalue weighted by molar-refractivity contribution is -0.384. The van der Waals surface area contributed by atoms with Crippen LogP contribution in [0.5, 0.6) is 5.75 Å². The van der Waals surface area contributed by atoms with Gasteiger partial charge in [0.25, 0.3) is 17.5 Å². The molecule has 1 aliphatic heterocycles. The van der Waals surface area contributed by atoms with Gasteiger partial charge in [-0.05, 0) is 32.8 Å². The Labute approximate surface area is 263 Å². The Hall–Kier alpha value is -3.63. The van der Waals surface area contributed by atoms with E-state index in [2.05, 4.69) is 0 Å². The molecule has 2 rings (SSSR count). The van der Waals surface area contributed by atoms with Crippen molar-refractivity contribution in [2.45, 2.75) is 44.3 Å². The van der Waals surface area contributed by atoms with Crippen molar-refractivity contribution >= 4 is 57.1 Å². The molecule has 0 aromatic heterocycles. The Kier molecular flexibility index (Phi) is 14.6. The number of rotatable bonds is 19. The van der Waals surface area contributed by atoms with Crippen molar-refractivity contribution in [1.82, 2.24) is 14.7 Å². The number of benzene rings is 1. The van der Waals surface area contributed by atoms with Crippen molar-refractivity contribution in [3.63, 3.8) is 0 Å². The fourth-order valence-corrected chi connectivity index (χ4v) is 6.47. The molecule has 1 heterocycles. The number of aryl methyl sites for hydroxylation is 1. The number of hydrogen-bond acceptors (Lipinski definition) is 11. The zero-order chi connectivity index (χ0) is 32.9. The van der Waals surface area contributed by atoms with Crippen molar-refractivity contribution in [2.24, 2.45) is 0 Å². The van der Waals surface area contributed by atoms with Crippen molar-refractivity contribution in [2.75, 3.05) is 52.7 Å². The van der Waals surface area contributed by atoms with Crippen LogP contribution in [0.2, 0.25) is 0 Å². The summed E-state index contributed by atoms with van der Waals surface area (Å²) in [5.41, 5.74) is 0.273. The van der Waals surface area contributed by atoms with Gasteiger partial charge >= 0.3 is 6.16 Å². The molecular formula is C28H38N4O10S2. The van der Waals surface area contributed by atoms with Gasteiger partial charge in [-0.1, -0.05) is 21.6 Å². The fourth-order valence-electron chi connectivity index (χ4n) is 3.87. The molecule has 44 heavy (non-hydrogen) atoms. The van der Waals surface area contributed by atoms with E-state index in [1.807, 2.05) is 13.8 Å². The third-order valence-electron chi connectivity index (χ3n) is 6.57. The van der Waals surface area contributed by atoms with Gasteiger partial charge in [-0.15, -0.1) is 0 Å². The summed E-state index contributed by atoms with van der Waals surface area (Å²) in [7, 11) is 6.43. The number of ether oxygens (including phenoxy) is 2. The van der Waals surface area contributed by atoms with Crippen LogP contribution < -0.4 is 4.74 Å². The van der Waals surface area contributed by atoms with E-state index in [9.17, 15) is 34.1 Å². The second kappa shape index (κ2) is 17.6. The zero-order valence-corrected chi connectivity index (χ0v) is 26.8. The second-order valence-electron chi connectivity index (χ2n) is 10.5. The van der Waals surface area contributed by atoms with E-state index >= 15 is 0 Å². The van der Waals surface area contributed by atoms with Gasteiger partial charge in [0.05, 0.1) is 31.1 Å². The summed E-state index contributed by atoms with van der Waals surface area (Å²) in [6, 6.07) is 3.78. The molecule has 0 radical (unpaired) electrons. The smallest absolute Gasteiger partial charge is 0.449 e. The fraction of sp³-hybridized carbons (Fsp3) is 0.536. The van der Waals surface area contributed by atoms with Crippen LogP contribution in [0.4, 0.5) is 10.5 Å². The summed E-state index contributed by atoms with van der Waals surface area (Å²) in [4.78, 5) is 73.8. The van der Waals surface area contributed by atoms with Crippen molar-refractivity contribution in [1.29, 1.82) is 0 Å². The first kappa shape index (κ1) is 36.6. The molecule has 1 aliphatic rings. The van der Waals surface area contributed by atoms with E-state index in [0.29, 0.717) is 43.7 Å². The molecular weight excluding hydrogens is 616 g/mol. The topological polar surface area (TPSA) is 177 Å². The number of non-ortho nitro benzene ring substituents is 1. The normalized spacial score (nSPS) is 12.9. The van der Waals surface area contributed by atoms with E-state index in [1.165, 1.54) is 46.0 Å². The number of imide groups is 1. The summed E-state index contributed by atoms with van der Waals surface area (Å²) in [5, 5.41) is 20.0. The predicted molar refractivity (Wildman–Crippen MR) is 165 cm³/mol. The monoisotopic (exact) mass is 654 g/mol. The molecule has 0 bridgehead atoms. The number of nitro benzene ring substituents is 1. The summed E-state index contributed by atoms with van der Waals surface area (Å²) in [6.07, 6.45) is 2.30. The second-order valence-corrected chi connectivity index (χ2v) is 13.6. The molecule has 4 amide bonds. The van der Waals surface area contributed by atoms with Crippen LogP contribution in [0, 0.1) is 10.1 Å². The number of nitro groups is 1. The highest BCUT2D eigenvalue weighted by Gasteiger charge is 2.24. The largest absolute Gasteiger partial charge is 0.511 e. The van der Waals surface area contributed by atoms with Crippen LogP contribution in [-0.2, 0) is 30.3 Å². The minimum absolute atomic E-state index is 0.0552. The summed E-state index contributed by atoms with van der Waals surface area (Å²) in [5.74, 6) is -0.363. The van der Waals surface area contributed by atoms with Gasteiger partial charge < -0.3 is 24.4 Å². The van der Waals surface area contributed by atoms with Crippen LogP contribution in [-0.4, -0.2) is 112 Å². The molecule has 0 atom stereocenters. The van der Waals surface area contributed by atoms with Crippen molar-refractivity contribution in [3.05, 3.63) is 46.0 Å². The van der Waals surface area contributed by atoms with Gasteiger partial charge in [0.15, 0.2) is 0 Å². The molecule has 1 N–H and O–H groups in total. The summed E-state index contributed by atoms with van der Waals surface area (Å²) in [6.45, 7) is 5.15. The third-order valence-corrected chi connectivity index (χ3v) is 9.93. The van der Waals surface area contributed by atoms with Gasteiger partial charge in [0, 0.05) is 74.0 Å². The molecule has 0 aliphatic carbocycles. The first-order valence-electron chi connectivity index (χ1n) is 13.8. The maximum absolute atomic E-state index is 12.7. The predicted octanol–water partition coefficient (Wildman–Crippen LogP) is 3.38. The number of likely N-dealkylation sites (N-methyl/N-ethyl adjacent to an activating group) is 2. The lowest BCUT2D eigenvalue weighted by atomic mass is 10.1. The first-order valence-corrected chi connectivity index (χ1v) is 16.1. The summed E-state index contributed by atoms with van der Waals surface area (Å²) >= 11 is 0. The van der Waals surface area contributed by atoms with E-state index < -0.39 is 11.1 Å². The number of hydrogen-bond donors (Lipinski definition) is 1. The maximum Gasteiger partial charge on any atom is 0.511 e. The van der Waals surface area contributed by atoms with Gasteiger partial charge in [-0.25, -0.2) is 4.79 Å². The quantitative estimate of drug-likeness (QED) is 0.0438. The standard InChI is InChI=1S/C28H38N4O10S2/c1-28(2,44-43-18-11-20-19-21(32(39)40)5-6-22(20)42-27(37)38)12-9-23(33)29(3)13-14-30(4)24(34)10-16-41-17-15-31-25(35)7-8-26(31)36/h5-8,19H,9-18H2,1-4H3,(H,37,38). The molecule has 1 aromatic carbocycles. The van der Waals surface area contributed by atoms with E-state index in [4.69, 9.17) is 14.6 Å². The van der Waals surface area contributed by atoms with Crippen molar-refractivity contribution < 1.29 is 43.5 Å². The van der Waals surface area contributed by atoms with E-state index in [1.54, 1.807) is 29.8 Å². The lowest BCUT2D eigenvalue weighted by Crippen LogP contribution is -2.38. The zero-order valence-electron chi connectivity index (χ0n) is 25.2. The highest BCUT2D eigenvalue weighted by atomic mass is 33.1. The van der Waals surface area contributed by atoms with Crippen LogP contribution in [0.25, 0.3) is 0 Å². The third kappa shape index (κ3) is 12.5. The minimum atomic E-state index is -1.50. The van der Waals surface area contributed by atoms with Crippen molar-refractivity contribution in [3.8, 4) is 5.75 Å². The molecule has 0 fully saturated rings. The first-order chi connectivity index (χ1) is 20.7. The Morgan fingerprint density at radius 1 is 1.02 bits per heavy atom. The number of amides is 4. The highest BCUT2D eigenvalue weighted by Crippen LogP contribution is 2.39. The Bertz CT molecular complexity index is 1240. The Morgan fingerprint density at radius 2 is 1.64 bits per heavy atom.